The first kappa shape index (κ1) is 15.8. The molecule has 2 aliphatic rings. The van der Waals surface area contributed by atoms with E-state index >= 15 is 0 Å². The second-order valence-electron chi connectivity index (χ2n) is 7.27. The summed E-state index contributed by atoms with van der Waals surface area (Å²) in [5.41, 5.74) is 2.39. The van der Waals surface area contributed by atoms with Crippen LogP contribution in [0.3, 0.4) is 0 Å². The van der Waals surface area contributed by atoms with Crippen LogP contribution in [0.5, 0.6) is 0 Å². The third-order valence-corrected chi connectivity index (χ3v) is 5.93. The molecule has 0 aromatic carbocycles. The number of amides is 1. The molecule has 24 heavy (non-hydrogen) atoms. The van der Waals surface area contributed by atoms with Gasteiger partial charge in [0.15, 0.2) is 0 Å². The summed E-state index contributed by atoms with van der Waals surface area (Å²) >= 11 is 1.65. The molecule has 0 aliphatic carbocycles. The Labute approximate surface area is 146 Å². The van der Waals surface area contributed by atoms with Crippen LogP contribution in [0.2, 0.25) is 0 Å². The van der Waals surface area contributed by atoms with E-state index in [-0.39, 0.29) is 11.3 Å². The van der Waals surface area contributed by atoms with E-state index in [9.17, 15) is 4.79 Å². The number of aromatic nitrogens is 3. The number of aryl methyl sites for hydroxylation is 2. The van der Waals surface area contributed by atoms with E-state index in [1.807, 2.05) is 29.7 Å². The molecule has 0 N–H and O–H groups in total. The Morgan fingerprint density at radius 3 is 2.92 bits per heavy atom. The molecule has 1 amide bonds. The first-order valence-corrected chi connectivity index (χ1v) is 9.28. The van der Waals surface area contributed by atoms with Gasteiger partial charge in [0.05, 0.1) is 23.4 Å². The van der Waals surface area contributed by atoms with Crippen LogP contribution in [0, 0.1) is 12.3 Å². The van der Waals surface area contributed by atoms with Gasteiger partial charge in [-0.05, 0) is 19.9 Å². The largest absolute Gasteiger partial charge is 0.336 e. The van der Waals surface area contributed by atoms with Crippen LogP contribution >= 0.6 is 11.3 Å². The zero-order chi connectivity index (χ0) is 16.7. The number of hydrogen-bond donors (Lipinski definition) is 0. The van der Waals surface area contributed by atoms with Gasteiger partial charge in [0.25, 0.3) is 0 Å². The van der Waals surface area contributed by atoms with Crippen molar-refractivity contribution in [2.24, 2.45) is 12.5 Å². The fourth-order valence-electron chi connectivity index (χ4n) is 4.05. The molecule has 2 aromatic rings. The average Bonchev–Trinajstić information content (AvgIpc) is 3.26. The highest BCUT2D eigenvalue weighted by molar-refractivity contribution is 7.09. The lowest BCUT2D eigenvalue weighted by molar-refractivity contribution is -0.128. The van der Waals surface area contributed by atoms with Crippen molar-refractivity contribution < 1.29 is 4.79 Å². The lowest BCUT2D eigenvalue weighted by Crippen LogP contribution is -2.31. The fourth-order valence-corrected chi connectivity index (χ4v) is 4.65. The maximum absolute atomic E-state index is 12.5. The fraction of sp³-hybridized carbons (Fsp3) is 0.588. The summed E-state index contributed by atoms with van der Waals surface area (Å²) in [6, 6.07) is 0. The van der Waals surface area contributed by atoms with Gasteiger partial charge in [-0.15, -0.1) is 11.3 Å². The molecule has 0 radical (unpaired) electrons. The van der Waals surface area contributed by atoms with Gasteiger partial charge in [0, 0.05) is 55.7 Å². The topological polar surface area (TPSA) is 54.3 Å². The van der Waals surface area contributed by atoms with Crippen molar-refractivity contribution in [1.82, 2.24) is 24.6 Å². The van der Waals surface area contributed by atoms with Crippen molar-refractivity contribution >= 4 is 17.2 Å². The van der Waals surface area contributed by atoms with Crippen LogP contribution in [-0.4, -0.2) is 50.1 Å². The molecule has 1 atom stereocenters. The summed E-state index contributed by atoms with van der Waals surface area (Å²) < 4.78 is 1.85. The molecule has 0 saturated carbocycles. The standard InChI is InChI=1S/C17H23N5OS/c1-13-19-15(10-24-13)9-22-12-17(5-16(22)23)3-4-21(11-17)8-14-6-18-20(2)7-14/h6-7,10H,3-5,8-9,11-12H2,1-2H3/t17-/m0/s1. The Balaban J connectivity index is 1.39. The zero-order valence-electron chi connectivity index (χ0n) is 14.2. The van der Waals surface area contributed by atoms with Gasteiger partial charge >= 0.3 is 0 Å². The highest BCUT2D eigenvalue weighted by Gasteiger charge is 2.47. The molecule has 4 heterocycles. The number of nitrogens with zero attached hydrogens (tertiary/aromatic N) is 5. The maximum atomic E-state index is 12.5. The van der Waals surface area contributed by atoms with Crippen LogP contribution in [0.25, 0.3) is 0 Å². The molecule has 2 fully saturated rings. The van der Waals surface area contributed by atoms with Gasteiger partial charge in [-0.25, -0.2) is 4.98 Å². The summed E-state index contributed by atoms with van der Waals surface area (Å²) in [6.07, 6.45) is 5.79. The smallest absolute Gasteiger partial charge is 0.223 e. The van der Waals surface area contributed by atoms with Crippen LogP contribution in [0.15, 0.2) is 17.8 Å². The maximum Gasteiger partial charge on any atom is 0.223 e. The van der Waals surface area contributed by atoms with Gasteiger partial charge < -0.3 is 4.90 Å². The predicted molar refractivity (Wildman–Crippen MR) is 92.4 cm³/mol. The van der Waals surface area contributed by atoms with E-state index in [0.717, 1.165) is 43.3 Å². The Hall–Kier alpha value is -1.73. The van der Waals surface area contributed by atoms with E-state index < -0.39 is 0 Å². The number of thiazole rings is 1. The Kier molecular flexibility index (Phi) is 3.92. The zero-order valence-corrected chi connectivity index (χ0v) is 15.1. The van der Waals surface area contributed by atoms with Crippen molar-refractivity contribution in [2.45, 2.75) is 32.9 Å². The molecule has 4 rings (SSSR count). The van der Waals surface area contributed by atoms with Crippen molar-refractivity contribution in [3.63, 3.8) is 0 Å². The first-order valence-electron chi connectivity index (χ1n) is 8.40. The number of likely N-dealkylation sites (tertiary alicyclic amines) is 2. The van der Waals surface area contributed by atoms with Gasteiger partial charge in [0.2, 0.25) is 5.91 Å². The third-order valence-electron chi connectivity index (χ3n) is 5.11. The number of carbonyl (C=O) groups excluding carboxylic acids is 1. The molecule has 2 saturated heterocycles. The van der Waals surface area contributed by atoms with Crippen molar-refractivity contribution in [2.75, 3.05) is 19.6 Å². The van der Waals surface area contributed by atoms with E-state index in [1.54, 1.807) is 11.3 Å². The van der Waals surface area contributed by atoms with E-state index in [1.165, 1.54) is 5.56 Å². The van der Waals surface area contributed by atoms with Crippen molar-refractivity contribution in [3.05, 3.63) is 34.0 Å². The quantitative estimate of drug-likeness (QED) is 0.848. The van der Waals surface area contributed by atoms with E-state index in [2.05, 4.69) is 26.6 Å². The van der Waals surface area contributed by atoms with Crippen LogP contribution in [0.4, 0.5) is 0 Å². The van der Waals surface area contributed by atoms with Gasteiger partial charge in [-0.1, -0.05) is 0 Å². The van der Waals surface area contributed by atoms with Crippen molar-refractivity contribution in [3.8, 4) is 0 Å². The molecule has 0 bridgehead atoms. The third kappa shape index (κ3) is 3.10. The average molecular weight is 345 g/mol. The lowest BCUT2D eigenvalue weighted by Gasteiger charge is -2.24. The highest BCUT2D eigenvalue weighted by Crippen LogP contribution is 2.41. The first-order chi connectivity index (χ1) is 11.5. The van der Waals surface area contributed by atoms with E-state index in [4.69, 9.17) is 0 Å². The number of rotatable bonds is 4. The molecule has 6 nitrogen and oxygen atoms in total. The Bertz CT molecular complexity index is 754. The lowest BCUT2D eigenvalue weighted by atomic mass is 9.86. The second kappa shape index (κ2) is 5.97. The number of hydrogen-bond acceptors (Lipinski definition) is 5. The Morgan fingerprint density at radius 2 is 2.21 bits per heavy atom. The molecule has 0 unspecified atom stereocenters. The minimum atomic E-state index is 0.129. The van der Waals surface area contributed by atoms with Crippen LogP contribution in [-0.2, 0) is 24.9 Å². The monoisotopic (exact) mass is 345 g/mol. The predicted octanol–water partition coefficient (Wildman–Crippen LogP) is 1.81. The summed E-state index contributed by atoms with van der Waals surface area (Å²) in [5, 5.41) is 7.37. The summed E-state index contributed by atoms with van der Waals surface area (Å²) in [7, 11) is 1.95. The normalized spacial score (nSPS) is 24.6. The highest BCUT2D eigenvalue weighted by atomic mass is 32.1. The second-order valence-corrected chi connectivity index (χ2v) is 8.33. The minimum Gasteiger partial charge on any atom is -0.336 e. The van der Waals surface area contributed by atoms with Crippen LogP contribution < -0.4 is 0 Å². The van der Waals surface area contributed by atoms with Crippen molar-refractivity contribution in [1.29, 1.82) is 0 Å². The molecule has 2 aliphatic heterocycles. The molecule has 2 aromatic heterocycles. The number of carbonyl (C=O) groups is 1. The molecular weight excluding hydrogens is 322 g/mol. The minimum absolute atomic E-state index is 0.129. The Morgan fingerprint density at radius 1 is 1.33 bits per heavy atom. The molecule has 128 valence electrons. The summed E-state index contributed by atoms with van der Waals surface area (Å²) in [6.45, 7) is 6.52. The molecule has 1 spiro atoms. The summed E-state index contributed by atoms with van der Waals surface area (Å²) in [5.74, 6) is 0.281. The van der Waals surface area contributed by atoms with Gasteiger partial charge in [-0.2, -0.15) is 5.10 Å². The molecular formula is C17H23N5OS. The molecule has 7 heteroatoms. The SMILES string of the molecule is Cc1nc(CN2C[C@@]3(CCN(Cc4cnn(C)c4)C3)CC2=O)cs1. The summed E-state index contributed by atoms with van der Waals surface area (Å²) in [4.78, 5) is 21.4. The van der Waals surface area contributed by atoms with E-state index in [0.29, 0.717) is 13.0 Å². The van der Waals surface area contributed by atoms with Gasteiger partial charge in [0.1, 0.15) is 0 Å². The van der Waals surface area contributed by atoms with Crippen LogP contribution in [0.1, 0.15) is 29.1 Å². The van der Waals surface area contributed by atoms with Gasteiger partial charge in [-0.3, -0.25) is 14.4 Å².